The van der Waals surface area contributed by atoms with Gasteiger partial charge in [0.1, 0.15) is 0 Å². The first-order chi connectivity index (χ1) is 9.81. The lowest BCUT2D eigenvalue weighted by atomic mass is 10.1. The van der Waals surface area contributed by atoms with Gasteiger partial charge in [-0.1, -0.05) is 11.8 Å². The Morgan fingerprint density at radius 1 is 0.750 bits per heavy atom. The Morgan fingerprint density at radius 2 is 1.25 bits per heavy atom. The molecule has 2 nitrogen and oxygen atoms in total. The highest BCUT2D eigenvalue weighted by Gasteiger charge is 2.11. The van der Waals surface area contributed by atoms with Crippen LogP contribution in [0.3, 0.4) is 0 Å². The Hall–Kier alpha value is -2.40. The zero-order valence-electron chi connectivity index (χ0n) is 11.5. The van der Waals surface area contributed by atoms with Gasteiger partial charge >= 0.3 is 0 Å². The standard InChI is InChI=1S/C18H18N2/c19-17-9-5-15(6-10-17)3-4-16-7-11-18(12-8-16)20-13-1-2-14-20/h5-12H,1-2,13-14,19H2. The number of nitrogen functional groups attached to an aromatic ring is 1. The second kappa shape index (κ2) is 5.71. The third-order valence-electron chi connectivity index (χ3n) is 3.60. The van der Waals surface area contributed by atoms with Gasteiger partial charge in [-0.15, -0.1) is 0 Å². The first-order valence-corrected chi connectivity index (χ1v) is 7.04. The highest BCUT2D eigenvalue weighted by molar-refractivity contribution is 5.53. The van der Waals surface area contributed by atoms with E-state index in [1.54, 1.807) is 0 Å². The second-order valence-corrected chi connectivity index (χ2v) is 5.11. The van der Waals surface area contributed by atoms with E-state index in [-0.39, 0.29) is 0 Å². The SMILES string of the molecule is Nc1ccc(C#Cc2ccc(N3CCCC3)cc2)cc1. The maximum atomic E-state index is 5.66. The minimum absolute atomic E-state index is 0.769. The molecule has 1 heterocycles. The van der Waals surface area contributed by atoms with Crippen molar-refractivity contribution >= 4 is 11.4 Å². The van der Waals surface area contributed by atoms with Crippen molar-refractivity contribution in [3.8, 4) is 11.8 Å². The van der Waals surface area contributed by atoms with Crippen LogP contribution in [0.4, 0.5) is 11.4 Å². The molecule has 0 saturated carbocycles. The Morgan fingerprint density at radius 3 is 1.80 bits per heavy atom. The summed E-state index contributed by atoms with van der Waals surface area (Å²) in [6.07, 6.45) is 2.61. The number of nitrogens with two attached hydrogens (primary N) is 1. The van der Waals surface area contributed by atoms with Gasteiger partial charge in [0.2, 0.25) is 0 Å². The van der Waals surface area contributed by atoms with Gasteiger partial charge in [-0.25, -0.2) is 0 Å². The average Bonchev–Trinajstić information content (AvgIpc) is 3.01. The molecule has 2 N–H and O–H groups in total. The van der Waals surface area contributed by atoms with Crippen molar-refractivity contribution in [2.75, 3.05) is 23.7 Å². The third-order valence-corrected chi connectivity index (χ3v) is 3.60. The highest BCUT2D eigenvalue weighted by Crippen LogP contribution is 2.20. The molecule has 1 aliphatic heterocycles. The van der Waals surface area contributed by atoms with E-state index in [4.69, 9.17) is 5.73 Å². The molecule has 0 aliphatic carbocycles. The van der Waals surface area contributed by atoms with Crippen molar-refractivity contribution in [3.05, 3.63) is 59.7 Å². The van der Waals surface area contributed by atoms with E-state index >= 15 is 0 Å². The molecule has 1 saturated heterocycles. The van der Waals surface area contributed by atoms with Gasteiger partial charge < -0.3 is 10.6 Å². The molecule has 0 unspecified atom stereocenters. The van der Waals surface area contributed by atoms with Crippen LogP contribution in [0.5, 0.6) is 0 Å². The van der Waals surface area contributed by atoms with Crippen molar-refractivity contribution in [1.82, 2.24) is 0 Å². The van der Waals surface area contributed by atoms with Crippen LogP contribution in [-0.2, 0) is 0 Å². The fourth-order valence-electron chi connectivity index (χ4n) is 2.44. The minimum atomic E-state index is 0.769. The molecule has 0 radical (unpaired) electrons. The fraction of sp³-hybridized carbons (Fsp3) is 0.222. The van der Waals surface area contributed by atoms with Crippen LogP contribution in [0.2, 0.25) is 0 Å². The third kappa shape index (κ3) is 2.95. The number of hydrogen-bond donors (Lipinski definition) is 1. The lowest BCUT2D eigenvalue weighted by molar-refractivity contribution is 0.949. The molecule has 0 atom stereocenters. The molecule has 0 amide bonds. The molecule has 0 spiro atoms. The number of nitrogens with zero attached hydrogens (tertiary/aromatic N) is 1. The molecular formula is C18H18N2. The summed E-state index contributed by atoms with van der Waals surface area (Å²) in [7, 11) is 0. The molecule has 3 rings (SSSR count). The van der Waals surface area contributed by atoms with Crippen LogP contribution in [0.15, 0.2) is 48.5 Å². The summed E-state index contributed by atoms with van der Waals surface area (Å²) < 4.78 is 0. The van der Waals surface area contributed by atoms with Crippen LogP contribution >= 0.6 is 0 Å². The molecule has 1 aliphatic rings. The van der Waals surface area contributed by atoms with Crippen LogP contribution in [-0.4, -0.2) is 13.1 Å². The van der Waals surface area contributed by atoms with E-state index in [2.05, 4.69) is 41.0 Å². The molecule has 20 heavy (non-hydrogen) atoms. The predicted octanol–water partition coefficient (Wildman–Crippen LogP) is 3.27. The van der Waals surface area contributed by atoms with Crippen LogP contribution in [0.25, 0.3) is 0 Å². The van der Waals surface area contributed by atoms with E-state index in [0.29, 0.717) is 0 Å². The zero-order chi connectivity index (χ0) is 13.8. The lowest BCUT2D eigenvalue weighted by Gasteiger charge is -2.17. The summed E-state index contributed by atoms with van der Waals surface area (Å²) >= 11 is 0. The van der Waals surface area contributed by atoms with Crippen molar-refractivity contribution in [3.63, 3.8) is 0 Å². The van der Waals surface area contributed by atoms with Crippen molar-refractivity contribution in [2.45, 2.75) is 12.8 Å². The number of benzene rings is 2. The Kier molecular flexibility index (Phi) is 3.60. The molecule has 100 valence electrons. The van der Waals surface area contributed by atoms with Gasteiger partial charge in [-0.05, 0) is 61.4 Å². The first kappa shape index (κ1) is 12.6. The van der Waals surface area contributed by atoms with Gasteiger partial charge in [0.15, 0.2) is 0 Å². The van der Waals surface area contributed by atoms with Gasteiger partial charge in [0, 0.05) is 35.6 Å². The average molecular weight is 262 g/mol. The van der Waals surface area contributed by atoms with Crippen LogP contribution < -0.4 is 10.6 Å². The molecule has 2 aromatic rings. The van der Waals surface area contributed by atoms with Crippen molar-refractivity contribution < 1.29 is 0 Å². The molecule has 2 aromatic carbocycles. The van der Waals surface area contributed by atoms with E-state index in [9.17, 15) is 0 Å². The summed E-state index contributed by atoms with van der Waals surface area (Å²) in [6, 6.07) is 16.2. The quantitative estimate of drug-likeness (QED) is 0.631. The minimum Gasteiger partial charge on any atom is -0.399 e. The first-order valence-electron chi connectivity index (χ1n) is 7.04. The number of hydrogen-bond acceptors (Lipinski definition) is 2. The molecule has 1 fully saturated rings. The summed E-state index contributed by atoms with van der Waals surface area (Å²) in [4.78, 5) is 2.43. The summed E-state index contributed by atoms with van der Waals surface area (Å²) in [6.45, 7) is 2.35. The number of anilines is 2. The second-order valence-electron chi connectivity index (χ2n) is 5.11. The highest BCUT2D eigenvalue weighted by atomic mass is 15.1. The van der Waals surface area contributed by atoms with Gasteiger partial charge in [0.05, 0.1) is 0 Å². The Labute approximate surface area is 120 Å². The Balaban J connectivity index is 1.73. The smallest absolute Gasteiger partial charge is 0.0367 e. The summed E-state index contributed by atoms with van der Waals surface area (Å²) in [5.41, 5.74) is 9.77. The lowest BCUT2D eigenvalue weighted by Crippen LogP contribution is -2.17. The van der Waals surface area contributed by atoms with E-state index < -0.39 is 0 Å². The predicted molar refractivity (Wildman–Crippen MR) is 84.7 cm³/mol. The monoisotopic (exact) mass is 262 g/mol. The largest absolute Gasteiger partial charge is 0.399 e. The van der Waals surface area contributed by atoms with Crippen LogP contribution in [0, 0.1) is 11.8 Å². The molecular weight excluding hydrogens is 244 g/mol. The van der Waals surface area contributed by atoms with E-state index in [0.717, 1.165) is 16.8 Å². The summed E-state index contributed by atoms with van der Waals surface area (Å²) in [5, 5.41) is 0. The van der Waals surface area contributed by atoms with E-state index in [1.807, 2.05) is 24.3 Å². The van der Waals surface area contributed by atoms with Gasteiger partial charge in [-0.2, -0.15) is 0 Å². The molecule has 0 bridgehead atoms. The fourth-order valence-corrected chi connectivity index (χ4v) is 2.44. The zero-order valence-corrected chi connectivity index (χ0v) is 11.5. The van der Waals surface area contributed by atoms with Crippen molar-refractivity contribution in [2.24, 2.45) is 0 Å². The maximum absolute atomic E-state index is 5.66. The Bertz CT molecular complexity index is 624. The maximum Gasteiger partial charge on any atom is 0.0367 e. The van der Waals surface area contributed by atoms with E-state index in [1.165, 1.54) is 31.6 Å². The topological polar surface area (TPSA) is 29.3 Å². The molecule has 0 aromatic heterocycles. The van der Waals surface area contributed by atoms with Crippen LogP contribution in [0.1, 0.15) is 24.0 Å². The normalized spacial score (nSPS) is 13.9. The molecule has 2 heteroatoms. The number of rotatable bonds is 1. The van der Waals surface area contributed by atoms with Gasteiger partial charge in [0.25, 0.3) is 0 Å². The summed E-state index contributed by atoms with van der Waals surface area (Å²) in [5.74, 6) is 6.35. The van der Waals surface area contributed by atoms with Gasteiger partial charge in [-0.3, -0.25) is 0 Å². The van der Waals surface area contributed by atoms with Crippen molar-refractivity contribution in [1.29, 1.82) is 0 Å².